The number of hydrogen-bond acceptors (Lipinski definition) is 4. The smallest absolute Gasteiger partial charge is 0.248 e. The second kappa shape index (κ2) is 8.88. The van der Waals surface area contributed by atoms with Gasteiger partial charge in [0.05, 0.1) is 12.7 Å². The summed E-state index contributed by atoms with van der Waals surface area (Å²) in [7, 11) is 1.61. The number of carbonyl (C=O) groups is 1. The van der Waals surface area contributed by atoms with Gasteiger partial charge in [-0.1, -0.05) is 50.2 Å². The zero-order chi connectivity index (χ0) is 21.8. The zero-order valence-corrected chi connectivity index (χ0v) is 17.8. The van der Waals surface area contributed by atoms with Gasteiger partial charge in [0.25, 0.3) is 0 Å². The van der Waals surface area contributed by atoms with Gasteiger partial charge in [-0.25, -0.2) is 4.98 Å². The summed E-state index contributed by atoms with van der Waals surface area (Å²) in [5.41, 5.74) is 4.96. The average molecular weight is 412 g/mol. The summed E-state index contributed by atoms with van der Waals surface area (Å²) < 4.78 is 11.3. The standard InChI is InChI=1S/C26H24N2O3/c1-17(2)19-11-8-18(9-12-19)10-15-25(29)27-20-13-14-22-24(16-20)31-26(28-22)21-6-4-5-7-23(21)30-3/h4-17H,1-3H3,(H,27,29)/b15-10+. The fraction of sp³-hybridized carbons (Fsp3) is 0.154. The molecule has 1 aromatic heterocycles. The first kappa shape index (κ1) is 20.4. The highest BCUT2D eigenvalue weighted by molar-refractivity contribution is 6.02. The van der Waals surface area contributed by atoms with E-state index in [1.54, 1.807) is 25.3 Å². The van der Waals surface area contributed by atoms with E-state index in [1.807, 2.05) is 42.5 Å². The van der Waals surface area contributed by atoms with Crippen molar-refractivity contribution in [3.8, 4) is 17.2 Å². The minimum absolute atomic E-state index is 0.211. The first-order valence-electron chi connectivity index (χ1n) is 10.2. The Morgan fingerprint density at radius 3 is 2.58 bits per heavy atom. The predicted octanol–water partition coefficient (Wildman–Crippen LogP) is 6.28. The number of rotatable bonds is 6. The Labute approximate surface area is 181 Å². The number of nitrogens with zero attached hydrogens (tertiary/aromatic N) is 1. The maximum Gasteiger partial charge on any atom is 0.248 e. The van der Waals surface area contributed by atoms with Crippen LogP contribution in [0.4, 0.5) is 5.69 Å². The van der Waals surface area contributed by atoms with E-state index in [2.05, 4.69) is 36.3 Å². The van der Waals surface area contributed by atoms with Crippen LogP contribution in [-0.4, -0.2) is 18.0 Å². The molecule has 5 heteroatoms. The third kappa shape index (κ3) is 4.67. The van der Waals surface area contributed by atoms with Crippen molar-refractivity contribution in [3.05, 3.63) is 83.9 Å². The number of fused-ring (bicyclic) bond motifs is 1. The van der Waals surface area contributed by atoms with Crippen LogP contribution in [0.2, 0.25) is 0 Å². The van der Waals surface area contributed by atoms with Crippen LogP contribution >= 0.6 is 0 Å². The number of amides is 1. The van der Waals surface area contributed by atoms with E-state index in [0.717, 1.165) is 11.1 Å². The van der Waals surface area contributed by atoms with E-state index < -0.39 is 0 Å². The lowest BCUT2D eigenvalue weighted by molar-refractivity contribution is -0.111. The van der Waals surface area contributed by atoms with Crippen molar-refractivity contribution in [2.24, 2.45) is 0 Å². The lowest BCUT2D eigenvalue weighted by Crippen LogP contribution is -2.07. The van der Waals surface area contributed by atoms with E-state index >= 15 is 0 Å². The number of para-hydroxylation sites is 1. The molecule has 4 rings (SSSR count). The molecule has 0 spiro atoms. The van der Waals surface area contributed by atoms with Gasteiger partial charge in [-0.2, -0.15) is 0 Å². The summed E-state index contributed by atoms with van der Waals surface area (Å²) in [5.74, 6) is 1.43. The number of aromatic nitrogens is 1. The van der Waals surface area contributed by atoms with Crippen LogP contribution in [0.5, 0.6) is 5.75 Å². The molecule has 0 aliphatic rings. The first-order chi connectivity index (χ1) is 15.0. The third-order valence-electron chi connectivity index (χ3n) is 5.02. The van der Waals surface area contributed by atoms with Crippen LogP contribution in [0.3, 0.4) is 0 Å². The van der Waals surface area contributed by atoms with Crippen molar-refractivity contribution < 1.29 is 13.9 Å². The molecule has 1 N–H and O–H groups in total. The molecule has 0 saturated carbocycles. The van der Waals surface area contributed by atoms with Crippen LogP contribution < -0.4 is 10.1 Å². The minimum Gasteiger partial charge on any atom is -0.496 e. The van der Waals surface area contributed by atoms with Gasteiger partial charge in [0.15, 0.2) is 5.58 Å². The monoisotopic (exact) mass is 412 g/mol. The van der Waals surface area contributed by atoms with E-state index in [9.17, 15) is 4.79 Å². The van der Waals surface area contributed by atoms with Gasteiger partial charge in [0.2, 0.25) is 11.8 Å². The number of methoxy groups -OCH3 is 1. The fourth-order valence-electron chi connectivity index (χ4n) is 3.29. The lowest BCUT2D eigenvalue weighted by Gasteiger charge is -2.05. The van der Waals surface area contributed by atoms with Gasteiger partial charge < -0.3 is 14.5 Å². The van der Waals surface area contributed by atoms with E-state index in [0.29, 0.717) is 34.3 Å². The number of hydrogen-bond donors (Lipinski definition) is 1. The molecule has 0 saturated heterocycles. The summed E-state index contributed by atoms with van der Waals surface area (Å²) >= 11 is 0. The quantitative estimate of drug-likeness (QED) is 0.379. The molecule has 0 unspecified atom stereocenters. The Bertz CT molecular complexity index is 1240. The van der Waals surface area contributed by atoms with Crippen molar-refractivity contribution in [2.75, 3.05) is 12.4 Å². The maximum atomic E-state index is 12.3. The largest absolute Gasteiger partial charge is 0.496 e. The Balaban J connectivity index is 1.49. The lowest BCUT2D eigenvalue weighted by atomic mass is 10.0. The molecule has 5 nitrogen and oxygen atoms in total. The maximum absolute atomic E-state index is 12.3. The topological polar surface area (TPSA) is 64.4 Å². The summed E-state index contributed by atoms with van der Waals surface area (Å²) in [6, 6.07) is 21.1. The Hall–Kier alpha value is -3.86. The van der Waals surface area contributed by atoms with Gasteiger partial charge in [0.1, 0.15) is 11.3 Å². The molecule has 31 heavy (non-hydrogen) atoms. The molecule has 0 radical (unpaired) electrons. The molecular formula is C26H24N2O3. The van der Waals surface area contributed by atoms with E-state index in [1.165, 1.54) is 11.6 Å². The molecule has 1 heterocycles. The van der Waals surface area contributed by atoms with Crippen LogP contribution in [0, 0.1) is 0 Å². The number of anilines is 1. The molecule has 0 fully saturated rings. The van der Waals surface area contributed by atoms with Crippen LogP contribution in [0.1, 0.15) is 30.9 Å². The summed E-state index contributed by atoms with van der Waals surface area (Å²) in [4.78, 5) is 16.9. The predicted molar refractivity (Wildman–Crippen MR) is 124 cm³/mol. The highest BCUT2D eigenvalue weighted by Crippen LogP contribution is 2.32. The molecule has 1 amide bonds. The zero-order valence-electron chi connectivity index (χ0n) is 17.8. The van der Waals surface area contributed by atoms with Gasteiger partial charge in [0, 0.05) is 17.8 Å². The number of benzene rings is 3. The normalized spacial score (nSPS) is 11.4. The molecule has 0 atom stereocenters. The average Bonchev–Trinajstić information content (AvgIpc) is 3.21. The highest BCUT2D eigenvalue weighted by Gasteiger charge is 2.13. The SMILES string of the molecule is COc1ccccc1-c1nc2ccc(NC(=O)/C=C/c3ccc(C(C)C)cc3)cc2o1. The van der Waals surface area contributed by atoms with Crippen LogP contribution in [0.25, 0.3) is 28.6 Å². The summed E-state index contributed by atoms with van der Waals surface area (Å²) in [6.07, 6.45) is 3.32. The van der Waals surface area contributed by atoms with E-state index in [4.69, 9.17) is 9.15 Å². The molecule has 4 aromatic rings. The molecular weight excluding hydrogens is 388 g/mol. The van der Waals surface area contributed by atoms with Gasteiger partial charge in [-0.05, 0) is 47.4 Å². The minimum atomic E-state index is -0.211. The number of ether oxygens (including phenoxy) is 1. The second-order valence-electron chi connectivity index (χ2n) is 7.55. The van der Waals surface area contributed by atoms with Gasteiger partial charge >= 0.3 is 0 Å². The van der Waals surface area contributed by atoms with Crippen molar-refractivity contribution in [1.29, 1.82) is 0 Å². The highest BCUT2D eigenvalue weighted by atomic mass is 16.5. The number of carbonyl (C=O) groups excluding carboxylic acids is 1. The van der Waals surface area contributed by atoms with Crippen molar-refractivity contribution in [1.82, 2.24) is 4.98 Å². The summed E-state index contributed by atoms with van der Waals surface area (Å²) in [5, 5.41) is 2.87. The van der Waals surface area contributed by atoms with E-state index in [-0.39, 0.29) is 5.91 Å². The first-order valence-corrected chi connectivity index (χ1v) is 10.2. The molecule has 156 valence electrons. The molecule has 0 aliphatic heterocycles. The van der Waals surface area contributed by atoms with Gasteiger partial charge in [-0.15, -0.1) is 0 Å². The Morgan fingerprint density at radius 2 is 1.84 bits per heavy atom. The van der Waals surface area contributed by atoms with Crippen molar-refractivity contribution in [2.45, 2.75) is 19.8 Å². The Kier molecular flexibility index (Phi) is 5.85. The van der Waals surface area contributed by atoms with Gasteiger partial charge in [-0.3, -0.25) is 4.79 Å². The van der Waals surface area contributed by atoms with Crippen LogP contribution in [0.15, 0.2) is 77.2 Å². The van der Waals surface area contributed by atoms with Crippen molar-refractivity contribution in [3.63, 3.8) is 0 Å². The molecule has 0 bridgehead atoms. The third-order valence-corrected chi connectivity index (χ3v) is 5.02. The number of nitrogens with one attached hydrogen (secondary N) is 1. The van der Waals surface area contributed by atoms with Crippen molar-refractivity contribution >= 4 is 28.8 Å². The fourth-order valence-corrected chi connectivity index (χ4v) is 3.29. The molecule has 3 aromatic carbocycles. The number of oxazole rings is 1. The second-order valence-corrected chi connectivity index (χ2v) is 7.55. The Morgan fingerprint density at radius 1 is 1.06 bits per heavy atom. The van der Waals surface area contributed by atoms with Crippen LogP contribution in [-0.2, 0) is 4.79 Å². The molecule has 0 aliphatic carbocycles. The summed E-state index contributed by atoms with van der Waals surface area (Å²) in [6.45, 7) is 4.31.